The van der Waals surface area contributed by atoms with E-state index in [2.05, 4.69) is 0 Å². The van der Waals surface area contributed by atoms with E-state index in [0.29, 0.717) is 30.6 Å². The summed E-state index contributed by atoms with van der Waals surface area (Å²) in [6.45, 7) is 0.377. The predicted molar refractivity (Wildman–Crippen MR) is 94.4 cm³/mol. The van der Waals surface area contributed by atoms with Crippen molar-refractivity contribution in [3.05, 3.63) is 61.9 Å². The highest BCUT2D eigenvalue weighted by Crippen LogP contribution is 2.16. The van der Waals surface area contributed by atoms with Crippen LogP contribution in [0.1, 0.15) is 23.2 Å². The number of hydrogen-bond acceptors (Lipinski definition) is 5. The first kappa shape index (κ1) is 18.1. The van der Waals surface area contributed by atoms with E-state index in [1.165, 1.54) is 30.8 Å². The van der Waals surface area contributed by atoms with Crippen LogP contribution in [0.4, 0.5) is 0 Å². The molecule has 0 spiro atoms. The second-order valence-electron chi connectivity index (χ2n) is 6.30. The molecule has 0 N–H and O–H groups in total. The van der Waals surface area contributed by atoms with Crippen molar-refractivity contribution >= 4 is 10.0 Å². The van der Waals surface area contributed by atoms with Crippen molar-refractivity contribution in [3.8, 4) is 6.07 Å². The smallest absolute Gasteiger partial charge is 0.296 e. The zero-order chi connectivity index (χ0) is 19.1. The minimum atomic E-state index is -3.62. The standard InChI is InChI=1S/C17H18N4O4S/c1-19(2)26(24,25)13-6-3-5-12(9-13)11-21-16(22)14(10-18)15-7-4-8-20(15)17(21)23/h3,5-6,9H,4,7-8,11H2,1-2H3. The molecule has 0 saturated heterocycles. The second-order valence-corrected chi connectivity index (χ2v) is 8.45. The quantitative estimate of drug-likeness (QED) is 0.756. The number of rotatable bonds is 4. The molecule has 0 bridgehead atoms. The van der Waals surface area contributed by atoms with Gasteiger partial charge in [-0.1, -0.05) is 12.1 Å². The molecule has 8 nitrogen and oxygen atoms in total. The van der Waals surface area contributed by atoms with Gasteiger partial charge in [0, 0.05) is 26.3 Å². The third-order valence-corrected chi connectivity index (χ3v) is 6.27. The molecular weight excluding hydrogens is 356 g/mol. The van der Waals surface area contributed by atoms with E-state index in [1.807, 2.05) is 6.07 Å². The molecule has 0 aliphatic carbocycles. The Labute approximate surface area is 150 Å². The van der Waals surface area contributed by atoms with Gasteiger partial charge in [-0.3, -0.25) is 13.9 Å². The fraction of sp³-hybridized carbons (Fsp3) is 0.353. The predicted octanol–water partition coefficient (Wildman–Crippen LogP) is 0.126. The first-order valence-electron chi connectivity index (χ1n) is 8.05. The average molecular weight is 374 g/mol. The van der Waals surface area contributed by atoms with Gasteiger partial charge in [-0.15, -0.1) is 0 Å². The number of sulfonamides is 1. The van der Waals surface area contributed by atoms with Crippen molar-refractivity contribution in [2.75, 3.05) is 14.1 Å². The molecule has 1 aliphatic rings. The highest BCUT2D eigenvalue weighted by molar-refractivity contribution is 7.89. The highest BCUT2D eigenvalue weighted by Gasteiger charge is 2.23. The first-order chi connectivity index (χ1) is 12.3. The zero-order valence-corrected chi connectivity index (χ0v) is 15.3. The van der Waals surface area contributed by atoms with Crippen LogP contribution in [0.3, 0.4) is 0 Å². The number of benzene rings is 1. The summed E-state index contributed by atoms with van der Waals surface area (Å²) >= 11 is 0. The maximum atomic E-state index is 12.6. The van der Waals surface area contributed by atoms with Gasteiger partial charge in [-0.05, 0) is 30.5 Å². The monoisotopic (exact) mass is 374 g/mol. The summed E-state index contributed by atoms with van der Waals surface area (Å²) in [7, 11) is -0.766. The van der Waals surface area contributed by atoms with Gasteiger partial charge in [0.1, 0.15) is 11.6 Å². The summed E-state index contributed by atoms with van der Waals surface area (Å²) in [6, 6.07) is 8.00. The molecular formula is C17H18N4O4S. The molecule has 0 unspecified atom stereocenters. The lowest BCUT2D eigenvalue weighted by molar-refractivity contribution is 0.520. The molecule has 2 aromatic rings. The summed E-state index contributed by atoms with van der Waals surface area (Å²) in [5.74, 6) is 0. The van der Waals surface area contributed by atoms with Crippen LogP contribution >= 0.6 is 0 Å². The molecule has 136 valence electrons. The SMILES string of the molecule is CN(C)S(=O)(=O)c1cccc(Cn2c(=O)c(C#N)c3n(c2=O)CCC3)c1. The molecule has 0 fully saturated rings. The van der Waals surface area contributed by atoms with Crippen LogP contribution in [-0.4, -0.2) is 36.0 Å². The molecule has 3 rings (SSSR count). The molecule has 0 saturated carbocycles. The largest absolute Gasteiger partial charge is 0.331 e. The van der Waals surface area contributed by atoms with Crippen molar-refractivity contribution in [1.82, 2.24) is 13.4 Å². The molecule has 0 amide bonds. The maximum absolute atomic E-state index is 12.6. The molecule has 1 aromatic carbocycles. The number of aromatic nitrogens is 2. The Morgan fingerprint density at radius 2 is 2.00 bits per heavy atom. The Hall–Kier alpha value is -2.70. The number of hydrogen-bond donors (Lipinski definition) is 0. The fourth-order valence-corrected chi connectivity index (χ4v) is 4.06. The van der Waals surface area contributed by atoms with Gasteiger partial charge in [0.2, 0.25) is 10.0 Å². The van der Waals surface area contributed by atoms with Crippen LogP contribution < -0.4 is 11.2 Å². The first-order valence-corrected chi connectivity index (χ1v) is 9.49. The van der Waals surface area contributed by atoms with E-state index in [4.69, 9.17) is 0 Å². The van der Waals surface area contributed by atoms with Crippen molar-refractivity contribution < 1.29 is 8.42 Å². The van der Waals surface area contributed by atoms with E-state index in [9.17, 15) is 23.3 Å². The van der Waals surface area contributed by atoms with Crippen LogP contribution in [-0.2, 0) is 29.5 Å². The Kier molecular flexibility index (Phi) is 4.56. The summed E-state index contributed by atoms with van der Waals surface area (Å²) in [5.41, 5.74) is -0.134. The Morgan fingerprint density at radius 3 is 2.65 bits per heavy atom. The van der Waals surface area contributed by atoms with Crippen LogP contribution in [0.2, 0.25) is 0 Å². The second kappa shape index (κ2) is 6.55. The number of nitriles is 1. The van der Waals surface area contributed by atoms with Gasteiger partial charge in [0.25, 0.3) is 5.56 Å². The molecule has 0 radical (unpaired) electrons. The maximum Gasteiger partial charge on any atom is 0.331 e. The summed E-state index contributed by atoms with van der Waals surface area (Å²) < 4.78 is 28.1. The highest BCUT2D eigenvalue weighted by atomic mass is 32.2. The topological polar surface area (TPSA) is 105 Å². The minimum absolute atomic E-state index is 0.0147. The minimum Gasteiger partial charge on any atom is -0.296 e. The number of nitrogens with zero attached hydrogens (tertiary/aromatic N) is 4. The molecule has 1 aromatic heterocycles. The van der Waals surface area contributed by atoms with Gasteiger partial charge in [0.05, 0.1) is 11.4 Å². The lowest BCUT2D eigenvalue weighted by atomic mass is 10.2. The van der Waals surface area contributed by atoms with Crippen LogP contribution in [0.25, 0.3) is 0 Å². The molecule has 26 heavy (non-hydrogen) atoms. The Bertz CT molecular complexity index is 1140. The van der Waals surface area contributed by atoms with Gasteiger partial charge in [0.15, 0.2) is 0 Å². The normalized spacial score (nSPS) is 13.6. The Balaban J connectivity index is 2.11. The fourth-order valence-electron chi connectivity index (χ4n) is 3.09. The molecule has 1 aliphatic heterocycles. The van der Waals surface area contributed by atoms with Gasteiger partial charge in [-0.2, -0.15) is 5.26 Å². The third-order valence-electron chi connectivity index (χ3n) is 4.46. The van der Waals surface area contributed by atoms with E-state index in [0.717, 1.165) is 8.87 Å². The van der Waals surface area contributed by atoms with E-state index >= 15 is 0 Å². The van der Waals surface area contributed by atoms with E-state index < -0.39 is 21.3 Å². The summed E-state index contributed by atoms with van der Waals surface area (Å²) in [5, 5.41) is 9.31. The third kappa shape index (κ3) is 2.87. The zero-order valence-electron chi connectivity index (χ0n) is 14.5. The van der Waals surface area contributed by atoms with Crippen LogP contribution in [0, 0.1) is 11.3 Å². The summed E-state index contributed by atoms with van der Waals surface area (Å²) in [6.07, 6.45) is 1.24. The summed E-state index contributed by atoms with van der Waals surface area (Å²) in [4.78, 5) is 25.3. The molecule has 2 heterocycles. The van der Waals surface area contributed by atoms with Gasteiger partial charge < -0.3 is 0 Å². The van der Waals surface area contributed by atoms with E-state index in [-0.39, 0.29) is 17.0 Å². The van der Waals surface area contributed by atoms with Crippen molar-refractivity contribution in [3.63, 3.8) is 0 Å². The van der Waals surface area contributed by atoms with Crippen molar-refractivity contribution in [2.45, 2.75) is 30.8 Å². The number of fused-ring (bicyclic) bond motifs is 1. The van der Waals surface area contributed by atoms with E-state index in [1.54, 1.807) is 12.1 Å². The molecule has 9 heteroatoms. The van der Waals surface area contributed by atoms with Gasteiger partial charge in [-0.25, -0.2) is 17.5 Å². The van der Waals surface area contributed by atoms with Crippen LogP contribution in [0.5, 0.6) is 0 Å². The lowest BCUT2D eigenvalue weighted by Crippen LogP contribution is -2.42. The average Bonchev–Trinajstić information content (AvgIpc) is 3.09. The Morgan fingerprint density at radius 1 is 1.27 bits per heavy atom. The van der Waals surface area contributed by atoms with Crippen molar-refractivity contribution in [1.29, 1.82) is 5.26 Å². The molecule has 0 atom stereocenters. The van der Waals surface area contributed by atoms with Crippen LogP contribution in [0.15, 0.2) is 38.8 Å². The van der Waals surface area contributed by atoms with Crippen molar-refractivity contribution in [2.24, 2.45) is 0 Å². The lowest BCUT2D eigenvalue weighted by Gasteiger charge is -2.14. The van der Waals surface area contributed by atoms with Gasteiger partial charge >= 0.3 is 5.69 Å².